The number of aliphatic hydroxyl groups excluding tert-OH is 1. The van der Waals surface area contributed by atoms with E-state index >= 15 is 0 Å². The zero-order valence-electron chi connectivity index (χ0n) is 18.0. The second kappa shape index (κ2) is 14.0. The number of carboxylic acids is 2. The van der Waals surface area contributed by atoms with E-state index in [1.807, 2.05) is 0 Å². The van der Waals surface area contributed by atoms with Crippen LogP contribution in [0, 0.1) is 0 Å². The Hall–Kier alpha value is -3.36. The summed E-state index contributed by atoms with van der Waals surface area (Å²) in [4.78, 5) is 59.9. The van der Waals surface area contributed by atoms with Crippen LogP contribution in [-0.2, 0) is 30.4 Å². The summed E-state index contributed by atoms with van der Waals surface area (Å²) in [5.74, 6) is -5.54. The van der Waals surface area contributed by atoms with E-state index in [9.17, 15) is 34.2 Å². The smallest absolute Gasteiger partial charge is 0.327 e. The lowest BCUT2D eigenvalue weighted by atomic mass is 10.0. The number of amides is 3. The molecule has 13 nitrogen and oxygen atoms in total. The zero-order chi connectivity index (χ0) is 25.8. The SMILES string of the molecule is NC(CO)C(=O)NC(CCC(=O)O)C(=O)NC(Cc1ccc(O)cc1)C(=O)NC(CS)C(=O)O. The standard InChI is InChI=1S/C20H28N4O9S/c21-12(8-25)17(29)22-13(5-6-16(27)28)18(30)23-14(7-10-1-3-11(26)4-2-10)19(31)24-15(9-34)20(32)33/h1-4,12-15,25-26,34H,5-9,21H2,(H,22,29)(H,23,30)(H,24,31)(H,27,28)(H,32,33). The number of phenols is 1. The minimum atomic E-state index is -1.41. The second-order valence-electron chi connectivity index (χ2n) is 7.30. The van der Waals surface area contributed by atoms with Gasteiger partial charge in [-0.3, -0.25) is 19.2 Å². The molecule has 0 saturated carbocycles. The normalized spacial score (nSPS) is 14.2. The molecule has 0 saturated heterocycles. The number of carbonyl (C=O) groups excluding carboxylic acids is 3. The van der Waals surface area contributed by atoms with Crippen molar-refractivity contribution >= 4 is 42.3 Å². The third-order valence-electron chi connectivity index (χ3n) is 4.62. The number of benzene rings is 1. The van der Waals surface area contributed by atoms with Crippen molar-refractivity contribution in [2.45, 2.75) is 43.4 Å². The van der Waals surface area contributed by atoms with Crippen LogP contribution < -0.4 is 21.7 Å². The van der Waals surface area contributed by atoms with Gasteiger partial charge in [0.2, 0.25) is 17.7 Å². The lowest BCUT2D eigenvalue weighted by Crippen LogP contribution is -2.58. The average molecular weight is 501 g/mol. The molecule has 0 aliphatic heterocycles. The Morgan fingerprint density at radius 3 is 1.91 bits per heavy atom. The molecule has 14 heteroatoms. The Balaban J connectivity index is 3.12. The fraction of sp³-hybridized carbons (Fsp3) is 0.450. The predicted octanol–water partition coefficient (Wildman–Crippen LogP) is -2.41. The van der Waals surface area contributed by atoms with Crippen LogP contribution in [0.3, 0.4) is 0 Å². The quantitative estimate of drug-likeness (QED) is 0.123. The first-order valence-electron chi connectivity index (χ1n) is 10.1. The van der Waals surface area contributed by atoms with Gasteiger partial charge in [-0.25, -0.2) is 4.79 Å². The maximum Gasteiger partial charge on any atom is 0.327 e. The Morgan fingerprint density at radius 1 is 0.882 bits per heavy atom. The van der Waals surface area contributed by atoms with E-state index in [1.54, 1.807) is 0 Å². The van der Waals surface area contributed by atoms with Crippen LogP contribution in [0.4, 0.5) is 0 Å². The molecule has 0 aromatic heterocycles. The Morgan fingerprint density at radius 2 is 1.41 bits per heavy atom. The van der Waals surface area contributed by atoms with Gasteiger partial charge in [-0.2, -0.15) is 12.6 Å². The third-order valence-corrected chi connectivity index (χ3v) is 4.98. The molecule has 34 heavy (non-hydrogen) atoms. The summed E-state index contributed by atoms with van der Waals surface area (Å²) in [6.45, 7) is -0.717. The van der Waals surface area contributed by atoms with Gasteiger partial charge in [-0.1, -0.05) is 12.1 Å². The number of carbonyl (C=O) groups is 5. The van der Waals surface area contributed by atoms with Gasteiger partial charge in [0.05, 0.1) is 6.61 Å². The topological polar surface area (TPSA) is 228 Å². The Bertz CT molecular complexity index is 881. The van der Waals surface area contributed by atoms with Crippen LogP contribution in [0.5, 0.6) is 5.75 Å². The number of phenolic OH excluding ortho intramolecular Hbond substituents is 1. The lowest BCUT2D eigenvalue weighted by Gasteiger charge is -2.25. The number of hydrogen-bond acceptors (Lipinski definition) is 9. The molecule has 188 valence electrons. The van der Waals surface area contributed by atoms with Gasteiger partial charge in [0, 0.05) is 18.6 Å². The molecule has 0 bridgehead atoms. The molecule has 0 spiro atoms. The van der Waals surface area contributed by atoms with Gasteiger partial charge in [0.25, 0.3) is 0 Å². The van der Waals surface area contributed by atoms with Crippen molar-refractivity contribution in [1.29, 1.82) is 0 Å². The molecule has 3 amide bonds. The first-order chi connectivity index (χ1) is 16.0. The number of thiol groups is 1. The molecular formula is C20H28N4O9S. The number of carboxylic acid groups (broad SMARTS) is 2. The monoisotopic (exact) mass is 500 g/mol. The van der Waals surface area contributed by atoms with Crippen LogP contribution >= 0.6 is 12.6 Å². The fourth-order valence-corrected chi connectivity index (χ4v) is 2.95. The van der Waals surface area contributed by atoms with Crippen LogP contribution in [0.25, 0.3) is 0 Å². The maximum absolute atomic E-state index is 12.9. The lowest BCUT2D eigenvalue weighted by molar-refractivity contribution is -0.141. The molecular weight excluding hydrogens is 472 g/mol. The van der Waals surface area contributed by atoms with Crippen molar-refractivity contribution in [3.8, 4) is 5.75 Å². The molecule has 1 rings (SSSR count). The summed E-state index contributed by atoms with van der Waals surface area (Å²) in [5.41, 5.74) is 5.93. The largest absolute Gasteiger partial charge is 0.508 e. The third kappa shape index (κ3) is 9.64. The molecule has 1 aromatic carbocycles. The summed E-state index contributed by atoms with van der Waals surface area (Å²) in [6.07, 6.45) is -0.957. The van der Waals surface area contributed by atoms with Crippen molar-refractivity contribution in [3.05, 3.63) is 29.8 Å². The van der Waals surface area contributed by atoms with E-state index in [0.29, 0.717) is 5.56 Å². The zero-order valence-corrected chi connectivity index (χ0v) is 18.9. The van der Waals surface area contributed by atoms with E-state index < -0.39 is 66.9 Å². The van der Waals surface area contributed by atoms with Crippen molar-refractivity contribution in [2.24, 2.45) is 5.73 Å². The maximum atomic E-state index is 12.9. The summed E-state index contributed by atoms with van der Waals surface area (Å²) in [5, 5.41) is 43.5. The summed E-state index contributed by atoms with van der Waals surface area (Å²) in [7, 11) is 0. The van der Waals surface area contributed by atoms with E-state index in [-0.39, 0.29) is 24.3 Å². The summed E-state index contributed by atoms with van der Waals surface area (Å²) < 4.78 is 0. The van der Waals surface area contributed by atoms with Crippen LogP contribution in [0.2, 0.25) is 0 Å². The molecule has 0 fully saturated rings. The minimum Gasteiger partial charge on any atom is -0.508 e. The number of aliphatic carboxylic acids is 2. The number of aromatic hydroxyl groups is 1. The van der Waals surface area contributed by atoms with Crippen molar-refractivity contribution in [2.75, 3.05) is 12.4 Å². The summed E-state index contributed by atoms with van der Waals surface area (Å²) >= 11 is 3.88. The first-order valence-corrected chi connectivity index (χ1v) is 10.7. The molecule has 0 aliphatic rings. The highest BCUT2D eigenvalue weighted by Gasteiger charge is 2.30. The van der Waals surface area contributed by atoms with Gasteiger partial charge in [0.15, 0.2) is 0 Å². The summed E-state index contributed by atoms with van der Waals surface area (Å²) in [6, 6.07) is 0.241. The minimum absolute atomic E-state index is 0.0357. The van der Waals surface area contributed by atoms with Crippen LogP contribution in [0.15, 0.2) is 24.3 Å². The molecule has 0 aliphatic carbocycles. The highest BCUT2D eigenvalue weighted by atomic mass is 32.1. The molecule has 0 heterocycles. The number of nitrogens with two attached hydrogens (primary N) is 1. The van der Waals surface area contributed by atoms with Gasteiger partial charge in [-0.05, 0) is 24.1 Å². The number of nitrogens with one attached hydrogen (secondary N) is 3. The Labute approximate surface area is 200 Å². The number of hydrogen-bond donors (Lipinski definition) is 9. The Kier molecular flexibility index (Phi) is 11.8. The van der Waals surface area contributed by atoms with Crippen molar-refractivity contribution < 1.29 is 44.4 Å². The van der Waals surface area contributed by atoms with Gasteiger partial charge < -0.3 is 42.1 Å². The van der Waals surface area contributed by atoms with Crippen LogP contribution in [0.1, 0.15) is 18.4 Å². The number of aliphatic hydroxyl groups is 1. The molecule has 0 radical (unpaired) electrons. The number of rotatable bonds is 14. The average Bonchev–Trinajstić information content (AvgIpc) is 2.79. The fourth-order valence-electron chi connectivity index (χ4n) is 2.71. The van der Waals surface area contributed by atoms with Crippen molar-refractivity contribution in [3.63, 3.8) is 0 Å². The molecule has 1 aromatic rings. The second-order valence-corrected chi connectivity index (χ2v) is 7.66. The van der Waals surface area contributed by atoms with E-state index in [1.165, 1.54) is 24.3 Å². The highest BCUT2D eigenvalue weighted by Crippen LogP contribution is 2.12. The molecule has 4 unspecified atom stereocenters. The van der Waals surface area contributed by atoms with Gasteiger partial charge in [0.1, 0.15) is 29.9 Å². The van der Waals surface area contributed by atoms with E-state index in [0.717, 1.165) is 0 Å². The highest BCUT2D eigenvalue weighted by molar-refractivity contribution is 7.80. The predicted molar refractivity (Wildman–Crippen MR) is 121 cm³/mol. The van der Waals surface area contributed by atoms with Crippen LogP contribution in [-0.4, -0.2) is 86.6 Å². The van der Waals surface area contributed by atoms with Gasteiger partial charge >= 0.3 is 11.9 Å². The van der Waals surface area contributed by atoms with E-state index in [2.05, 4.69) is 28.6 Å². The van der Waals surface area contributed by atoms with Crippen molar-refractivity contribution in [1.82, 2.24) is 16.0 Å². The molecule has 4 atom stereocenters. The van der Waals surface area contributed by atoms with Gasteiger partial charge in [-0.15, -0.1) is 0 Å². The molecule has 9 N–H and O–H groups in total. The van der Waals surface area contributed by atoms with E-state index in [4.69, 9.17) is 15.9 Å². The first kappa shape index (κ1) is 28.7.